The van der Waals surface area contributed by atoms with Crippen LogP contribution in [-0.2, 0) is 9.59 Å². The summed E-state index contributed by atoms with van der Waals surface area (Å²) in [6, 6.07) is 14.0. The maximum absolute atomic E-state index is 12.8. The molecule has 6 heteroatoms. The van der Waals surface area contributed by atoms with Crippen molar-refractivity contribution in [3.8, 4) is 0 Å². The van der Waals surface area contributed by atoms with Crippen molar-refractivity contribution in [2.75, 3.05) is 10.2 Å². The fourth-order valence-corrected chi connectivity index (χ4v) is 4.41. The molecule has 0 spiro atoms. The molecule has 1 N–H and O–H groups in total. The summed E-state index contributed by atoms with van der Waals surface area (Å²) < 4.78 is 0.935. The number of nitrogens with zero attached hydrogens (tertiary/aromatic N) is 1. The summed E-state index contributed by atoms with van der Waals surface area (Å²) in [6.07, 6.45) is 2.54. The molecule has 4 rings (SSSR count). The number of anilines is 2. The molecule has 1 saturated heterocycles. The summed E-state index contributed by atoms with van der Waals surface area (Å²) in [6.45, 7) is 2.13. The second-order valence-electron chi connectivity index (χ2n) is 7.65. The van der Waals surface area contributed by atoms with Crippen molar-refractivity contribution < 1.29 is 14.4 Å². The molecule has 144 valence electrons. The maximum atomic E-state index is 12.8. The van der Waals surface area contributed by atoms with Gasteiger partial charge in [-0.1, -0.05) is 22.9 Å². The van der Waals surface area contributed by atoms with Gasteiger partial charge in [-0.25, -0.2) is 0 Å². The third-order valence-electron chi connectivity index (χ3n) is 5.68. The van der Waals surface area contributed by atoms with Crippen LogP contribution in [0.15, 0.2) is 53.0 Å². The number of benzene rings is 2. The predicted octanol–water partition coefficient (Wildman–Crippen LogP) is 4.63. The van der Waals surface area contributed by atoms with Crippen LogP contribution in [0.5, 0.6) is 0 Å². The molecule has 2 aromatic carbocycles. The lowest BCUT2D eigenvalue weighted by Gasteiger charge is -2.25. The van der Waals surface area contributed by atoms with Crippen molar-refractivity contribution in [1.29, 1.82) is 0 Å². The normalized spacial score (nSPS) is 24.2. The smallest absolute Gasteiger partial charge is 0.255 e. The minimum Gasteiger partial charge on any atom is -0.322 e. The van der Waals surface area contributed by atoms with Crippen LogP contribution in [0.3, 0.4) is 0 Å². The van der Waals surface area contributed by atoms with E-state index in [1.54, 1.807) is 36.4 Å². The third-order valence-corrected chi connectivity index (χ3v) is 6.21. The van der Waals surface area contributed by atoms with Crippen molar-refractivity contribution in [1.82, 2.24) is 0 Å². The minimum atomic E-state index is -0.240. The van der Waals surface area contributed by atoms with E-state index in [0.717, 1.165) is 23.7 Å². The lowest BCUT2D eigenvalue weighted by atomic mass is 9.76. The van der Waals surface area contributed by atoms with E-state index in [4.69, 9.17) is 0 Å². The third kappa shape index (κ3) is 3.49. The second-order valence-corrected chi connectivity index (χ2v) is 8.57. The first kappa shape index (κ1) is 18.9. The molecule has 5 nitrogen and oxygen atoms in total. The van der Waals surface area contributed by atoms with Gasteiger partial charge in [0.2, 0.25) is 11.8 Å². The number of carbonyl (C=O) groups excluding carboxylic acids is 3. The Morgan fingerprint density at radius 3 is 2.29 bits per heavy atom. The van der Waals surface area contributed by atoms with E-state index in [1.165, 1.54) is 4.90 Å². The molecule has 3 atom stereocenters. The van der Waals surface area contributed by atoms with Gasteiger partial charge in [-0.2, -0.15) is 0 Å². The van der Waals surface area contributed by atoms with Crippen LogP contribution in [-0.4, -0.2) is 17.7 Å². The fraction of sp³-hybridized carbons (Fsp3) is 0.318. The van der Waals surface area contributed by atoms with Crippen LogP contribution < -0.4 is 10.2 Å². The lowest BCUT2D eigenvalue weighted by Crippen LogP contribution is -2.30. The molecule has 28 heavy (non-hydrogen) atoms. The van der Waals surface area contributed by atoms with Crippen molar-refractivity contribution in [2.24, 2.45) is 17.8 Å². The zero-order valence-corrected chi connectivity index (χ0v) is 17.1. The first-order valence-corrected chi connectivity index (χ1v) is 10.3. The van der Waals surface area contributed by atoms with Crippen molar-refractivity contribution in [3.63, 3.8) is 0 Å². The summed E-state index contributed by atoms with van der Waals surface area (Å²) >= 11 is 3.36. The summed E-state index contributed by atoms with van der Waals surface area (Å²) in [4.78, 5) is 39.3. The second kappa shape index (κ2) is 7.51. The van der Waals surface area contributed by atoms with Gasteiger partial charge in [0.1, 0.15) is 0 Å². The number of nitrogens with one attached hydrogen (secondary N) is 1. The van der Waals surface area contributed by atoms with Crippen LogP contribution in [0.2, 0.25) is 0 Å². The SMILES string of the molecule is C[C@@H]1CC[C@@H]2C(=O)N(c3ccc(C(=O)Nc4ccc(Br)cc4)cc3)C(=O)[C@H]2C1. The molecule has 1 aliphatic heterocycles. The van der Waals surface area contributed by atoms with E-state index in [2.05, 4.69) is 28.2 Å². The summed E-state index contributed by atoms with van der Waals surface area (Å²) in [5, 5.41) is 2.83. The molecule has 1 heterocycles. The largest absolute Gasteiger partial charge is 0.322 e. The van der Waals surface area contributed by atoms with E-state index in [9.17, 15) is 14.4 Å². The van der Waals surface area contributed by atoms with Gasteiger partial charge in [-0.15, -0.1) is 0 Å². The van der Waals surface area contributed by atoms with E-state index < -0.39 is 0 Å². The molecule has 2 fully saturated rings. The molecule has 3 amide bonds. The van der Waals surface area contributed by atoms with Gasteiger partial charge in [-0.3, -0.25) is 19.3 Å². The van der Waals surface area contributed by atoms with E-state index in [0.29, 0.717) is 22.9 Å². The molecule has 1 saturated carbocycles. The van der Waals surface area contributed by atoms with Crippen LogP contribution >= 0.6 is 15.9 Å². The predicted molar refractivity (Wildman–Crippen MR) is 111 cm³/mol. The minimum absolute atomic E-state index is 0.103. The van der Waals surface area contributed by atoms with Crippen molar-refractivity contribution in [3.05, 3.63) is 58.6 Å². The first-order valence-electron chi connectivity index (χ1n) is 9.49. The van der Waals surface area contributed by atoms with Gasteiger partial charge in [0, 0.05) is 15.7 Å². The molecule has 0 radical (unpaired) electrons. The van der Waals surface area contributed by atoms with Crippen LogP contribution in [0, 0.1) is 17.8 Å². The Morgan fingerprint density at radius 2 is 1.61 bits per heavy atom. The standard InChI is InChI=1S/C22H21BrN2O3/c1-13-2-11-18-19(12-13)22(28)25(21(18)27)17-9-3-14(4-10-17)20(26)24-16-7-5-15(23)6-8-16/h3-10,13,18-19H,2,11-12H2,1H3,(H,24,26)/t13-,18+,19+/m1/s1. The highest BCUT2D eigenvalue weighted by molar-refractivity contribution is 9.10. The Hall–Kier alpha value is -2.47. The van der Waals surface area contributed by atoms with Gasteiger partial charge in [-0.05, 0) is 73.7 Å². The Balaban J connectivity index is 1.50. The molecule has 0 bridgehead atoms. The maximum Gasteiger partial charge on any atom is 0.255 e. The molecule has 2 aliphatic rings. The number of hydrogen-bond acceptors (Lipinski definition) is 3. The number of fused-ring (bicyclic) bond motifs is 1. The zero-order chi connectivity index (χ0) is 19.8. The highest BCUT2D eigenvalue weighted by Crippen LogP contribution is 2.42. The van der Waals surface area contributed by atoms with Gasteiger partial charge >= 0.3 is 0 Å². The quantitative estimate of drug-likeness (QED) is 0.707. The number of amides is 3. The van der Waals surface area contributed by atoms with E-state index in [-0.39, 0.29) is 29.6 Å². The fourth-order valence-electron chi connectivity index (χ4n) is 4.14. The zero-order valence-electron chi connectivity index (χ0n) is 15.5. The highest BCUT2D eigenvalue weighted by Gasteiger charge is 2.49. The van der Waals surface area contributed by atoms with Crippen molar-refractivity contribution >= 4 is 45.0 Å². The summed E-state index contributed by atoms with van der Waals surface area (Å²) in [7, 11) is 0. The summed E-state index contributed by atoms with van der Waals surface area (Å²) in [5.41, 5.74) is 1.70. The molecule has 0 unspecified atom stereocenters. The van der Waals surface area contributed by atoms with Gasteiger partial charge in [0.05, 0.1) is 17.5 Å². The molecular formula is C22H21BrN2O3. The number of halogens is 1. The van der Waals surface area contributed by atoms with E-state index >= 15 is 0 Å². The van der Waals surface area contributed by atoms with Crippen LogP contribution in [0.4, 0.5) is 11.4 Å². The Morgan fingerprint density at radius 1 is 0.964 bits per heavy atom. The number of imide groups is 1. The Bertz CT molecular complexity index is 924. The average molecular weight is 441 g/mol. The number of carbonyl (C=O) groups is 3. The Labute approximate surface area is 172 Å². The molecule has 1 aliphatic carbocycles. The average Bonchev–Trinajstić information content (AvgIpc) is 2.93. The van der Waals surface area contributed by atoms with Gasteiger partial charge in [0.15, 0.2) is 0 Å². The number of hydrogen-bond donors (Lipinski definition) is 1. The number of rotatable bonds is 3. The van der Waals surface area contributed by atoms with E-state index in [1.807, 2.05) is 12.1 Å². The van der Waals surface area contributed by atoms with Crippen LogP contribution in [0.1, 0.15) is 36.5 Å². The van der Waals surface area contributed by atoms with Crippen LogP contribution in [0.25, 0.3) is 0 Å². The molecule has 0 aromatic heterocycles. The topological polar surface area (TPSA) is 66.5 Å². The van der Waals surface area contributed by atoms with Gasteiger partial charge in [0.25, 0.3) is 5.91 Å². The lowest BCUT2D eigenvalue weighted by molar-refractivity contribution is -0.122. The van der Waals surface area contributed by atoms with Gasteiger partial charge < -0.3 is 5.32 Å². The molecular weight excluding hydrogens is 420 g/mol. The van der Waals surface area contributed by atoms with Crippen molar-refractivity contribution in [2.45, 2.75) is 26.2 Å². The first-order chi connectivity index (χ1) is 13.4. The molecule has 2 aromatic rings. The summed E-state index contributed by atoms with van der Waals surface area (Å²) in [5.74, 6) is -0.360. The monoisotopic (exact) mass is 440 g/mol. The highest BCUT2D eigenvalue weighted by atomic mass is 79.9. The Kier molecular flexibility index (Phi) is 5.06.